The average Bonchev–Trinajstić information content (AvgIpc) is 3.20. The minimum atomic E-state index is -0.972. The van der Waals surface area contributed by atoms with Crippen molar-refractivity contribution >= 4 is 12.4 Å². The number of carbonyl (C=O) groups is 2. The minimum Gasteiger partial charge on any atom is -0.479 e. The van der Waals surface area contributed by atoms with E-state index in [9.17, 15) is 14.7 Å². The summed E-state index contributed by atoms with van der Waals surface area (Å²) in [4.78, 5) is 24.1. The van der Waals surface area contributed by atoms with E-state index in [2.05, 4.69) is 13.8 Å². The van der Waals surface area contributed by atoms with Gasteiger partial charge < -0.3 is 10.0 Å². The van der Waals surface area contributed by atoms with Crippen LogP contribution >= 0.6 is 0 Å². The van der Waals surface area contributed by atoms with E-state index >= 15 is 0 Å². The number of hydrogen-bond acceptors (Lipinski definition) is 2. The Kier molecular flexibility index (Phi) is 4.42. The quantitative estimate of drug-likeness (QED) is 0.778. The van der Waals surface area contributed by atoms with Crippen LogP contribution in [0.4, 0.5) is 0 Å². The van der Waals surface area contributed by atoms with Gasteiger partial charge >= 0.3 is 5.97 Å². The van der Waals surface area contributed by atoms with Gasteiger partial charge in [0.25, 0.3) is 0 Å². The first-order valence-electron chi connectivity index (χ1n) is 7.07. The number of carboxylic acid groups (broad SMARTS) is 1. The van der Waals surface area contributed by atoms with Gasteiger partial charge in [-0.2, -0.15) is 0 Å². The van der Waals surface area contributed by atoms with Crippen molar-refractivity contribution in [3.63, 3.8) is 0 Å². The van der Waals surface area contributed by atoms with Gasteiger partial charge in [-0.15, -0.1) is 0 Å². The molecular weight excluding hydrogens is 254 g/mol. The first-order chi connectivity index (χ1) is 9.52. The largest absolute Gasteiger partial charge is 0.479 e. The molecule has 1 aliphatic rings. The molecule has 20 heavy (non-hydrogen) atoms. The van der Waals surface area contributed by atoms with Gasteiger partial charge in [0.1, 0.15) is 0 Å². The van der Waals surface area contributed by atoms with Crippen molar-refractivity contribution in [2.75, 3.05) is 0 Å². The van der Waals surface area contributed by atoms with E-state index in [1.54, 1.807) is 0 Å². The van der Waals surface area contributed by atoms with Gasteiger partial charge in [0.05, 0.1) is 0 Å². The molecule has 1 amide bonds. The van der Waals surface area contributed by atoms with Crippen molar-refractivity contribution in [2.45, 2.75) is 45.2 Å². The number of amides is 1. The van der Waals surface area contributed by atoms with Crippen LogP contribution in [0, 0.1) is 5.92 Å². The molecule has 4 heteroatoms. The Morgan fingerprint density at radius 1 is 1.35 bits per heavy atom. The molecule has 108 valence electrons. The molecule has 1 N–H and O–H groups in total. The third-order valence-corrected chi connectivity index (χ3v) is 3.56. The maximum atomic E-state index is 11.5. The van der Waals surface area contributed by atoms with E-state index in [0.29, 0.717) is 17.9 Å². The van der Waals surface area contributed by atoms with E-state index in [4.69, 9.17) is 0 Å². The van der Waals surface area contributed by atoms with Gasteiger partial charge in [-0.25, -0.2) is 4.79 Å². The maximum Gasteiger partial charge on any atom is 0.331 e. The fraction of sp³-hybridized carbons (Fsp3) is 0.500. The summed E-state index contributed by atoms with van der Waals surface area (Å²) in [7, 11) is 0. The lowest BCUT2D eigenvalue weighted by Gasteiger charge is -2.25. The van der Waals surface area contributed by atoms with Crippen LogP contribution in [0.2, 0.25) is 0 Å². The summed E-state index contributed by atoms with van der Waals surface area (Å²) in [6, 6.07) is 6.80. The van der Waals surface area contributed by atoms with E-state index in [0.717, 1.165) is 19.3 Å². The number of carbonyl (C=O) groups excluding carboxylic acids is 1. The van der Waals surface area contributed by atoms with Gasteiger partial charge in [0.2, 0.25) is 6.41 Å². The molecule has 1 unspecified atom stereocenters. The lowest BCUT2D eigenvalue weighted by Crippen LogP contribution is -2.34. The normalized spacial score (nSPS) is 15.9. The molecular formula is C16H21NO3. The number of hydrogen-bond donors (Lipinski definition) is 1. The summed E-state index contributed by atoms with van der Waals surface area (Å²) >= 11 is 0. The molecule has 1 aromatic rings. The Morgan fingerprint density at radius 3 is 2.35 bits per heavy atom. The van der Waals surface area contributed by atoms with Gasteiger partial charge in [0, 0.05) is 6.04 Å². The van der Waals surface area contributed by atoms with E-state index in [-0.39, 0.29) is 6.04 Å². The third kappa shape index (κ3) is 3.38. The zero-order valence-electron chi connectivity index (χ0n) is 12.0. The minimum absolute atomic E-state index is 0.0870. The molecule has 0 aliphatic heterocycles. The molecule has 4 nitrogen and oxygen atoms in total. The molecule has 1 fully saturated rings. The molecule has 1 aliphatic carbocycles. The van der Waals surface area contributed by atoms with Crippen molar-refractivity contribution in [2.24, 2.45) is 5.92 Å². The highest BCUT2D eigenvalue weighted by molar-refractivity contribution is 5.78. The molecule has 0 spiro atoms. The van der Waals surface area contributed by atoms with Gasteiger partial charge in [-0.1, -0.05) is 38.1 Å². The van der Waals surface area contributed by atoms with E-state index in [1.807, 2.05) is 24.3 Å². The van der Waals surface area contributed by atoms with E-state index in [1.165, 1.54) is 10.5 Å². The number of nitrogens with zero attached hydrogens (tertiary/aromatic N) is 1. The molecule has 1 aromatic carbocycles. The van der Waals surface area contributed by atoms with Crippen LogP contribution in [0.25, 0.3) is 0 Å². The fourth-order valence-corrected chi connectivity index (χ4v) is 2.48. The molecule has 1 atom stereocenters. The smallest absolute Gasteiger partial charge is 0.331 e. The van der Waals surface area contributed by atoms with Crippen LogP contribution in [0.5, 0.6) is 0 Å². The van der Waals surface area contributed by atoms with Crippen molar-refractivity contribution in [1.29, 1.82) is 0 Å². The van der Waals surface area contributed by atoms with Crippen molar-refractivity contribution in [3.05, 3.63) is 35.4 Å². The second-order valence-electron chi connectivity index (χ2n) is 5.86. The average molecular weight is 275 g/mol. The molecule has 2 rings (SSSR count). The molecule has 0 bridgehead atoms. The summed E-state index contributed by atoms with van der Waals surface area (Å²) in [6.07, 6.45) is 3.43. The van der Waals surface area contributed by atoms with Crippen LogP contribution < -0.4 is 0 Å². The van der Waals surface area contributed by atoms with Crippen LogP contribution in [-0.4, -0.2) is 28.4 Å². The summed E-state index contributed by atoms with van der Waals surface area (Å²) in [5.74, 6) is -0.408. The topological polar surface area (TPSA) is 57.6 Å². The zero-order valence-corrected chi connectivity index (χ0v) is 12.0. The molecule has 0 saturated heterocycles. The molecule has 0 aromatic heterocycles. The summed E-state index contributed by atoms with van der Waals surface area (Å²) in [6.45, 7) is 4.30. The number of rotatable bonds is 7. The second kappa shape index (κ2) is 6.07. The zero-order chi connectivity index (χ0) is 14.7. The first-order valence-corrected chi connectivity index (χ1v) is 7.07. The standard InChI is InChI=1S/C16H21NO3/c1-11(2)9-12-3-5-13(6-4-12)15(16(19)20)17(10-18)14-7-8-14/h3-6,10-11,14-15H,7-9H2,1-2H3,(H,19,20). The van der Waals surface area contributed by atoms with Crippen LogP contribution in [0.15, 0.2) is 24.3 Å². The van der Waals surface area contributed by atoms with Crippen molar-refractivity contribution in [1.82, 2.24) is 4.90 Å². The SMILES string of the molecule is CC(C)Cc1ccc(C(C(=O)O)N(C=O)C2CC2)cc1. The first kappa shape index (κ1) is 14.6. The highest BCUT2D eigenvalue weighted by Crippen LogP contribution is 2.33. The Morgan fingerprint density at radius 2 is 1.95 bits per heavy atom. The molecule has 1 saturated carbocycles. The van der Waals surface area contributed by atoms with Crippen LogP contribution in [0.1, 0.15) is 43.9 Å². The molecule has 0 heterocycles. The highest BCUT2D eigenvalue weighted by atomic mass is 16.4. The van der Waals surface area contributed by atoms with Gasteiger partial charge in [0.15, 0.2) is 6.04 Å². The Hall–Kier alpha value is -1.84. The number of benzene rings is 1. The number of aliphatic carboxylic acids is 1. The number of carboxylic acids is 1. The maximum absolute atomic E-state index is 11.5. The van der Waals surface area contributed by atoms with Crippen molar-refractivity contribution in [3.8, 4) is 0 Å². The van der Waals surface area contributed by atoms with Crippen LogP contribution in [-0.2, 0) is 16.0 Å². The predicted octanol–water partition coefficient (Wildman–Crippen LogP) is 2.63. The third-order valence-electron chi connectivity index (χ3n) is 3.56. The summed E-state index contributed by atoms with van der Waals surface area (Å²) < 4.78 is 0. The monoisotopic (exact) mass is 275 g/mol. The Labute approximate surface area is 119 Å². The fourth-order valence-electron chi connectivity index (χ4n) is 2.48. The summed E-state index contributed by atoms with van der Waals surface area (Å²) in [5, 5.41) is 9.42. The lowest BCUT2D eigenvalue weighted by atomic mass is 9.99. The Bertz CT molecular complexity index is 477. The van der Waals surface area contributed by atoms with Gasteiger partial charge in [-0.3, -0.25) is 4.79 Å². The predicted molar refractivity (Wildman–Crippen MR) is 76.3 cm³/mol. The highest BCUT2D eigenvalue weighted by Gasteiger charge is 2.37. The summed E-state index contributed by atoms with van der Waals surface area (Å²) in [5.41, 5.74) is 1.86. The Balaban J connectivity index is 2.20. The van der Waals surface area contributed by atoms with Crippen LogP contribution in [0.3, 0.4) is 0 Å². The van der Waals surface area contributed by atoms with Crippen molar-refractivity contribution < 1.29 is 14.7 Å². The van der Waals surface area contributed by atoms with Gasteiger partial charge in [-0.05, 0) is 36.3 Å². The lowest BCUT2D eigenvalue weighted by molar-refractivity contribution is -0.147. The second-order valence-corrected chi connectivity index (χ2v) is 5.86. The molecule has 0 radical (unpaired) electrons. The van der Waals surface area contributed by atoms with E-state index < -0.39 is 12.0 Å².